The SMILES string of the molecule is O=c1[nH]cccc1NS(=O)(=O)c1csnc1-c1cccc(C(F)(F)F)c1. The minimum Gasteiger partial charge on any atom is -0.327 e. The number of rotatable bonds is 4. The minimum absolute atomic E-state index is 0.00317. The molecule has 0 saturated carbocycles. The molecule has 136 valence electrons. The summed E-state index contributed by atoms with van der Waals surface area (Å²) in [6.07, 6.45) is -3.24. The third-order valence-corrected chi connectivity index (χ3v) is 5.51. The number of pyridine rings is 1. The van der Waals surface area contributed by atoms with Crippen LogP contribution in [0.4, 0.5) is 18.9 Å². The lowest BCUT2D eigenvalue weighted by Gasteiger charge is -2.10. The standard InChI is InChI=1S/C15H10F3N3O3S2/c16-15(17,18)10-4-1-3-9(7-10)13-12(8-25-20-13)26(23,24)21-11-5-2-6-19-14(11)22/h1-8,21H,(H,19,22). The molecule has 3 rings (SSSR count). The molecule has 11 heteroatoms. The monoisotopic (exact) mass is 401 g/mol. The van der Waals surface area contributed by atoms with Crippen molar-refractivity contribution in [3.8, 4) is 11.3 Å². The maximum absolute atomic E-state index is 12.9. The van der Waals surface area contributed by atoms with E-state index in [2.05, 4.69) is 14.1 Å². The summed E-state index contributed by atoms with van der Waals surface area (Å²) >= 11 is 0.780. The van der Waals surface area contributed by atoms with Gasteiger partial charge in [-0.05, 0) is 35.8 Å². The van der Waals surface area contributed by atoms with Crippen LogP contribution in [0.2, 0.25) is 0 Å². The molecule has 2 aromatic heterocycles. The van der Waals surface area contributed by atoms with Crippen molar-refractivity contribution in [1.82, 2.24) is 9.36 Å². The van der Waals surface area contributed by atoms with Gasteiger partial charge in [-0.2, -0.15) is 17.5 Å². The second kappa shape index (κ2) is 6.57. The van der Waals surface area contributed by atoms with Crippen LogP contribution in [-0.2, 0) is 16.2 Å². The summed E-state index contributed by atoms with van der Waals surface area (Å²) in [6.45, 7) is 0. The van der Waals surface area contributed by atoms with Gasteiger partial charge in [-0.3, -0.25) is 9.52 Å². The molecule has 0 radical (unpaired) electrons. The third-order valence-electron chi connectivity index (χ3n) is 3.35. The highest BCUT2D eigenvalue weighted by Crippen LogP contribution is 2.34. The van der Waals surface area contributed by atoms with E-state index in [9.17, 15) is 26.4 Å². The lowest BCUT2D eigenvalue weighted by atomic mass is 10.1. The lowest BCUT2D eigenvalue weighted by Crippen LogP contribution is -2.20. The normalized spacial score (nSPS) is 12.1. The first-order valence-electron chi connectivity index (χ1n) is 7.01. The van der Waals surface area contributed by atoms with Crippen LogP contribution < -0.4 is 10.3 Å². The van der Waals surface area contributed by atoms with Crippen molar-refractivity contribution in [2.45, 2.75) is 11.1 Å². The quantitative estimate of drug-likeness (QED) is 0.702. The number of nitrogens with zero attached hydrogens (tertiary/aromatic N) is 1. The Hall–Kier alpha value is -2.66. The highest BCUT2D eigenvalue weighted by atomic mass is 32.2. The van der Waals surface area contributed by atoms with Gasteiger partial charge in [0.15, 0.2) is 0 Å². The van der Waals surface area contributed by atoms with Gasteiger partial charge in [-0.15, -0.1) is 0 Å². The van der Waals surface area contributed by atoms with E-state index in [-0.39, 0.29) is 21.8 Å². The number of nitrogens with one attached hydrogen (secondary N) is 2. The average Bonchev–Trinajstić information content (AvgIpc) is 3.07. The van der Waals surface area contributed by atoms with Crippen molar-refractivity contribution in [2.75, 3.05) is 4.72 Å². The van der Waals surface area contributed by atoms with Crippen LogP contribution in [0.1, 0.15) is 5.56 Å². The Labute approximate surface area is 149 Å². The first-order valence-corrected chi connectivity index (χ1v) is 9.33. The summed E-state index contributed by atoms with van der Waals surface area (Å²) in [6, 6.07) is 6.90. The Morgan fingerprint density at radius 1 is 1.15 bits per heavy atom. The van der Waals surface area contributed by atoms with Crippen LogP contribution in [0, 0.1) is 0 Å². The predicted molar refractivity (Wildman–Crippen MR) is 90.4 cm³/mol. The highest BCUT2D eigenvalue weighted by Gasteiger charge is 2.31. The van der Waals surface area contributed by atoms with E-state index in [0.29, 0.717) is 0 Å². The minimum atomic E-state index is -4.57. The summed E-state index contributed by atoms with van der Waals surface area (Å²) in [5.74, 6) is 0. The molecule has 0 fully saturated rings. The van der Waals surface area contributed by atoms with Gasteiger partial charge in [0.25, 0.3) is 15.6 Å². The van der Waals surface area contributed by atoms with E-state index in [0.717, 1.165) is 23.7 Å². The first-order chi connectivity index (χ1) is 12.2. The number of alkyl halides is 3. The van der Waals surface area contributed by atoms with E-state index in [4.69, 9.17) is 0 Å². The highest BCUT2D eigenvalue weighted by molar-refractivity contribution is 7.93. The van der Waals surface area contributed by atoms with Crippen LogP contribution in [0.5, 0.6) is 0 Å². The van der Waals surface area contributed by atoms with Crippen molar-refractivity contribution in [3.63, 3.8) is 0 Å². The number of aromatic amines is 1. The van der Waals surface area contributed by atoms with Gasteiger partial charge in [-0.25, -0.2) is 8.42 Å². The molecule has 0 aliphatic carbocycles. The summed E-state index contributed by atoms with van der Waals surface area (Å²) in [7, 11) is -4.22. The number of benzene rings is 1. The van der Waals surface area contributed by atoms with Crippen LogP contribution in [0.3, 0.4) is 0 Å². The van der Waals surface area contributed by atoms with E-state index in [1.165, 1.54) is 35.8 Å². The van der Waals surface area contributed by atoms with Gasteiger partial charge in [0.2, 0.25) is 0 Å². The zero-order chi connectivity index (χ0) is 18.9. The topological polar surface area (TPSA) is 91.9 Å². The van der Waals surface area contributed by atoms with Crippen molar-refractivity contribution >= 4 is 27.2 Å². The van der Waals surface area contributed by atoms with Gasteiger partial charge in [0.05, 0.1) is 5.56 Å². The molecule has 0 bridgehead atoms. The number of sulfonamides is 1. The number of anilines is 1. The van der Waals surface area contributed by atoms with Crippen LogP contribution in [-0.4, -0.2) is 17.8 Å². The van der Waals surface area contributed by atoms with Crippen molar-refractivity contribution < 1.29 is 21.6 Å². The molecule has 0 aliphatic heterocycles. The molecule has 1 aromatic carbocycles. The van der Waals surface area contributed by atoms with Gasteiger partial charge in [-0.1, -0.05) is 12.1 Å². The van der Waals surface area contributed by atoms with Gasteiger partial charge >= 0.3 is 6.18 Å². The molecule has 26 heavy (non-hydrogen) atoms. The molecular formula is C15H10F3N3O3S2. The molecule has 2 N–H and O–H groups in total. The fraction of sp³-hybridized carbons (Fsp3) is 0.0667. The van der Waals surface area contributed by atoms with Crippen molar-refractivity contribution in [3.05, 3.63) is 63.9 Å². The van der Waals surface area contributed by atoms with Crippen molar-refractivity contribution in [2.24, 2.45) is 0 Å². The van der Waals surface area contributed by atoms with Crippen LogP contribution >= 0.6 is 11.5 Å². The Morgan fingerprint density at radius 3 is 2.62 bits per heavy atom. The number of H-pyrrole nitrogens is 1. The molecule has 0 atom stereocenters. The largest absolute Gasteiger partial charge is 0.416 e. The molecule has 0 aliphatic rings. The van der Waals surface area contributed by atoms with Crippen LogP contribution in [0.25, 0.3) is 11.3 Å². The third kappa shape index (κ3) is 3.63. The molecule has 0 amide bonds. The van der Waals surface area contributed by atoms with Gasteiger partial charge in [0, 0.05) is 17.1 Å². The van der Waals surface area contributed by atoms with E-state index >= 15 is 0 Å². The Bertz CT molecular complexity index is 1100. The fourth-order valence-corrected chi connectivity index (χ4v) is 4.40. The summed E-state index contributed by atoms with van der Waals surface area (Å²) in [5, 5.41) is 1.19. The maximum Gasteiger partial charge on any atom is 0.416 e. The van der Waals surface area contributed by atoms with E-state index < -0.39 is 27.3 Å². The number of hydrogen-bond donors (Lipinski definition) is 2. The zero-order valence-electron chi connectivity index (χ0n) is 12.7. The summed E-state index contributed by atoms with van der Waals surface area (Å²) < 4.78 is 69.8. The number of hydrogen-bond acceptors (Lipinski definition) is 5. The number of halogens is 3. The van der Waals surface area contributed by atoms with E-state index in [1.807, 2.05) is 0 Å². The Kier molecular flexibility index (Phi) is 4.59. The number of aromatic nitrogens is 2. The van der Waals surface area contributed by atoms with Crippen molar-refractivity contribution in [1.29, 1.82) is 0 Å². The second-order valence-corrected chi connectivity index (χ2v) is 7.40. The molecule has 2 heterocycles. The van der Waals surface area contributed by atoms with Gasteiger partial charge < -0.3 is 4.98 Å². The molecule has 0 unspecified atom stereocenters. The molecule has 0 spiro atoms. The van der Waals surface area contributed by atoms with Gasteiger partial charge in [0.1, 0.15) is 16.3 Å². The molecular weight excluding hydrogens is 391 g/mol. The van der Waals surface area contributed by atoms with Crippen LogP contribution in [0.15, 0.2) is 57.7 Å². The smallest absolute Gasteiger partial charge is 0.327 e. The van der Waals surface area contributed by atoms with E-state index in [1.54, 1.807) is 0 Å². The fourth-order valence-electron chi connectivity index (χ4n) is 2.16. The zero-order valence-corrected chi connectivity index (χ0v) is 14.4. The Morgan fingerprint density at radius 2 is 1.92 bits per heavy atom. The summed E-state index contributed by atoms with van der Waals surface area (Å²) in [5.41, 5.74) is -1.91. The average molecular weight is 401 g/mol. The lowest BCUT2D eigenvalue weighted by molar-refractivity contribution is -0.137. The first kappa shape index (κ1) is 18.1. The maximum atomic E-state index is 12.9. The molecule has 0 saturated heterocycles. The predicted octanol–water partition coefficient (Wildman–Crippen LogP) is 3.32. The molecule has 3 aromatic rings. The summed E-state index contributed by atoms with van der Waals surface area (Å²) in [4.78, 5) is 13.7. The second-order valence-electron chi connectivity index (χ2n) is 5.12. The Balaban J connectivity index is 2.04. The molecule has 6 nitrogen and oxygen atoms in total.